The van der Waals surface area contributed by atoms with Crippen molar-refractivity contribution >= 4 is 0 Å². The predicted octanol–water partition coefficient (Wildman–Crippen LogP) is 6.17. The molecule has 134 valence electrons. The summed E-state index contributed by atoms with van der Waals surface area (Å²) >= 11 is 0. The van der Waals surface area contributed by atoms with Crippen LogP contribution in [0.2, 0.25) is 0 Å². The van der Waals surface area contributed by atoms with Gasteiger partial charge >= 0.3 is 25.8 Å². The van der Waals surface area contributed by atoms with E-state index in [9.17, 15) is 0 Å². The van der Waals surface area contributed by atoms with Crippen molar-refractivity contribution < 1.29 is 25.8 Å². The molecule has 0 fully saturated rings. The average molecular weight is 488 g/mol. The third-order valence-corrected chi connectivity index (χ3v) is 2.48. The molecule has 0 unspecified atom stereocenters. The van der Waals surface area contributed by atoms with Crippen LogP contribution in [-0.2, 0) is 32.3 Å². The van der Waals surface area contributed by atoms with Gasteiger partial charge in [-0.05, 0) is 0 Å². The molecule has 0 saturated heterocycles. The Morgan fingerprint density at radius 2 is 0.826 bits per heavy atom. The standard InChI is InChI=1S/C7H9.3C4H10N.Hf/c1-2-7-5-3-4-6-7;3*1-3-5-4-2;/h3-6H,2H2,1H3;3*3-4H2,1-2H3;/q4*-1;+4. The third kappa shape index (κ3) is 39.2. The molecule has 3 nitrogen and oxygen atoms in total. The molecule has 0 heterocycles. The molecule has 0 bridgehead atoms. The number of aryl methyl sites for hydroxylation is 1. The Labute approximate surface area is 165 Å². The van der Waals surface area contributed by atoms with E-state index in [2.05, 4.69) is 47.1 Å². The van der Waals surface area contributed by atoms with Gasteiger partial charge < -0.3 is 16.0 Å². The largest absolute Gasteiger partial charge is 4.00 e. The van der Waals surface area contributed by atoms with Gasteiger partial charge in [-0.1, -0.05) is 54.9 Å². The van der Waals surface area contributed by atoms with Gasteiger partial charge in [0.1, 0.15) is 0 Å². The Kier molecular flexibility index (Phi) is 45.2. The summed E-state index contributed by atoms with van der Waals surface area (Å²) in [6.45, 7) is 20.2. The van der Waals surface area contributed by atoms with Crippen molar-refractivity contribution in [1.82, 2.24) is 0 Å². The number of nitrogens with zero attached hydrogens (tertiary/aromatic N) is 3. The zero-order valence-electron chi connectivity index (χ0n) is 16.6. The van der Waals surface area contributed by atoms with E-state index in [4.69, 9.17) is 0 Å². The first-order valence-electron chi connectivity index (χ1n) is 8.78. The van der Waals surface area contributed by atoms with E-state index in [1.807, 2.05) is 41.5 Å². The molecule has 0 saturated carbocycles. The van der Waals surface area contributed by atoms with Crippen LogP contribution >= 0.6 is 0 Å². The van der Waals surface area contributed by atoms with Crippen molar-refractivity contribution in [1.29, 1.82) is 0 Å². The van der Waals surface area contributed by atoms with Gasteiger partial charge in [0, 0.05) is 0 Å². The maximum atomic E-state index is 3.97. The average Bonchev–Trinajstić information content (AvgIpc) is 3.05. The SMILES string of the molecule is CC[N-]CC.CC[N-]CC.CC[N-]CC.CC[c-]1cccc1.[Hf+4]. The van der Waals surface area contributed by atoms with Gasteiger partial charge in [0.05, 0.1) is 0 Å². The fraction of sp³-hybridized carbons (Fsp3) is 0.737. The van der Waals surface area contributed by atoms with Gasteiger partial charge in [0.2, 0.25) is 0 Å². The second-order valence-corrected chi connectivity index (χ2v) is 4.21. The van der Waals surface area contributed by atoms with Crippen LogP contribution in [0.25, 0.3) is 16.0 Å². The van der Waals surface area contributed by atoms with Gasteiger partial charge in [0.25, 0.3) is 0 Å². The molecule has 1 aromatic rings. The summed E-state index contributed by atoms with van der Waals surface area (Å²) in [5.41, 5.74) is 1.43. The fourth-order valence-electron chi connectivity index (χ4n) is 1.32. The molecule has 0 N–H and O–H groups in total. The molecule has 0 aliphatic carbocycles. The first-order chi connectivity index (χ1) is 10.7. The van der Waals surface area contributed by atoms with E-state index in [1.54, 1.807) is 0 Å². The van der Waals surface area contributed by atoms with Crippen LogP contribution in [0, 0.1) is 0 Å². The van der Waals surface area contributed by atoms with Crippen LogP contribution in [0.5, 0.6) is 0 Å². The molecule has 1 rings (SSSR count). The maximum absolute atomic E-state index is 3.97. The molecule has 23 heavy (non-hydrogen) atoms. The first kappa shape index (κ1) is 30.9. The summed E-state index contributed by atoms with van der Waals surface area (Å²) in [6.07, 6.45) is 1.16. The van der Waals surface area contributed by atoms with Crippen LogP contribution in [0.15, 0.2) is 24.3 Å². The topological polar surface area (TPSA) is 42.3 Å². The molecule has 0 radical (unpaired) electrons. The van der Waals surface area contributed by atoms with Gasteiger partial charge in [0.15, 0.2) is 0 Å². The molecule has 0 spiro atoms. The molecule has 0 aromatic heterocycles. The predicted molar refractivity (Wildman–Crippen MR) is 105 cm³/mol. The molecule has 0 atom stereocenters. The Bertz CT molecular complexity index is 219. The van der Waals surface area contributed by atoms with E-state index in [0.717, 1.165) is 45.7 Å². The van der Waals surface area contributed by atoms with Gasteiger partial charge in [-0.2, -0.15) is 57.0 Å². The third-order valence-electron chi connectivity index (χ3n) is 2.48. The summed E-state index contributed by atoms with van der Waals surface area (Å²) in [4.78, 5) is 0. The van der Waals surface area contributed by atoms with Gasteiger partial charge in [-0.25, -0.2) is 12.1 Å². The molecular weight excluding hydrogens is 449 g/mol. The second kappa shape index (κ2) is 33.6. The summed E-state index contributed by atoms with van der Waals surface area (Å²) in [7, 11) is 0. The van der Waals surface area contributed by atoms with Crippen LogP contribution in [0.4, 0.5) is 0 Å². The van der Waals surface area contributed by atoms with Gasteiger partial charge in [-0.15, -0.1) is 0 Å². The van der Waals surface area contributed by atoms with Crippen LogP contribution in [0.3, 0.4) is 0 Å². The molecule has 4 heteroatoms. The van der Waals surface area contributed by atoms with Crippen molar-refractivity contribution in [3.05, 3.63) is 45.8 Å². The molecule has 0 amide bonds. The van der Waals surface area contributed by atoms with Crippen LogP contribution in [0.1, 0.15) is 54.0 Å². The molecule has 0 aliphatic heterocycles. The van der Waals surface area contributed by atoms with Crippen molar-refractivity contribution in [3.63, 3.8) is 0 Å². The quantitative estimate of drug-likeness (QED) is 0.326. The zero-order chi connectivity index (χ0) is 17.5. The summed E-state index contributed by atoms with van der Waals surface area (Å²) in [5.74, 6) is 0. The summed E-state index contributed by atoms with van der Waals surface area (Å²) < 4.78 is 0. The molecule has 1 aromatic carbocycles. The van der Waals surface area contributed by atoms with Crippen molar-refractivity contribution in [2.45, 2.75) is 54.9 Å². The Hall–Kier alpha value is 0.100. The van der Waals surface area contributed by atoms with Crippen molar-refractivity contribution in [3.8, 4) is 0 Å². The van der Waals surface area contributed by atoms with Gasteiger partial charge in [-0.3, -0.25) is 0 Å². The Morgan fingerprint density at radius 3 is 0.913 bits per heavy atom. The summed E-state index contributed by atoms with van der Waals surface area (Å²) in [6, 6.07) is 8.41. The van der Waals surface area contributed by atoms with Crippen LogP contribution < -0.4 is 0 Å². The Balaban J connectivity index is -0.000000105. The normalized spacial score (nSPS) is 8.30. The fourth-order valence-corrected chi connectivity index (χ4v) is 1.32. The maximum Gasteiger partial charge on any atom is 4.00 e. The van der Waals surface area contributed by atoms with Crippen molar-refractivity contribution in [2.75, 3.05) is 39.3 Å². The molecular formula is C19H39HfN3. The second-order valence-electron chi connectivity index (χ2n) is 4.21. The number of rotatable bonds is 7. The van der Waals surface area contributed by atoms with E-state index >= 15 is 0 Å². The van der Waals surface area contributed by atoms with Crippen LogP contribution in [-0.4, -0.2) is 39.3 Å². The van der Waals surface area contributed by atoms with E-state index in [1.165, 1.54) is 5.56 Å². The minimum Gasteiger partial charge on any atom is -0.663 e. The van der Waals surface area contributed by atoms with E-state index < -0.39 is 0 Å². The monoisotopic (exact) mass is 489 g/mol. The number of hydrogen-bond donors (Lipinski definition) is 0. The smallest absolute Gasteiger partial charge is 0.663 e. The van der Waals surface area contributed by atoms with E-state index in [-0.39, 0.29) is 25.8 Å². The zero-order valence-corrected chi connectivity index (χ0v) is 20.2. The van der Waals surface area contributed by atoms with Crippen molar-refractivity contribution in [2.24, 2.45) is 0 Å². The Morgan fingerprint density at radius 1 is 0.565 bits per heavy atom. The first-order valence-corrected chi connectivity index (χ1v) is 8.78. The number of hydrogen-bond acceptors (Lipinski definition) is 0. The minimum absolute atomic E-state index is 0. The molecule has 0 aliphatic rings. The summed E-state index contributed by atoms with van der Waals surface area (Å²) in [5, 5.41) is 11.9. The van der Waals surface area contributed by atoms with E-state index in [0.29, 0.717) is 0 Å². The minimum atomic E-state index is 0.